The molecule has 3 amide bonds. The van der Waals surface area contributed by atoms with Gasteiger partial charge in [-0.3, -0.25) is 14.4 Å². The molecule has 0 bridgehead atoms. The number of carbonyl (C=O) groups excluding carboxylic acids is 3. The Morgan fingerprint density at radius 2 is 1.49 bits per heavy atom. The number of nitrogens with one attached hydrogen (secondary N) is 4. The highest BCUT2D eigenvalue weighted by atomic mass is 16.4. The van der Waals surface area contributed by atoms with Crippen LogP contribution in [0.25, 0.3) is 10.9 Å². The van der Waals surface area contributed by atoms with Crippen LogP contribution in [0.5, 0.6) is 5.75 Å². The van der Waals surface area contributed by atoms with E-state index < -0.39 is 59.9 Å². The number of phenolic OH excluding ortho intramolecular Hbond substituents is 1. The van der Waals surface area contributed by atoms with Gasteiger partial charge in [0.25, 0.3) is 0 Å². The molecule has 0 aliphatic carbocycles. The minimum Gasteiger partial charge on any atom is -0.508 e. The second kappa shape index (κ2) is 13.8. The van der Waals surface area contributed by atoms with Crippen molar-refractivity contribution in [1.82, 2.24) is 20.9 Å². The Bertz CT molecular complexity index is 1370. The lowest BCUT2D eigenvalue weighted by Gasteiger charge is -2.27. The smallest absolute Gasteiger partial charge is 0.326 e. The molecule has 1 heterocycles. The van der Waals surface area contributed by atoms with Crippen LogP contribution >= 0.6 is 0 Å². The molecule has 0 fully saturated rings. The number of aliphatic hydroxyl groups excluding tert-OH is 1. The molecule has 0 aliphatic rings. The number of phenols is 1. The van der Waals surface area contributed by atoms with Crippen molar-refractivity contribution in [2.75, 3.05) is 0 Å². The van der Waals surface area contributed by atoms with E-state index in [9.17, 15) is 34.5 Å². The number of aliphatic carboxylic acids is 1. The number of aliphatic hydroxyl groups is 1. The molecule has 41 heavy (non-hydrogen) atoms. The van der Waals surface area contributed by atoms with Crippen molar-refractivity contribution in [3.05, 3.63) is 65.9 Å². The maximum Gasteiger partial charge on any atom is 0.326 e. The number of aromatic hydroxyl groups is 1. The maximum atomic E-state index is 13.4. The molecule has 1 aromatic heterocycles. The lowest BCUT2D eigenvalue weighted by Crippen LogP contribution is -2.60. The number of rotatable bonds is 13. The van der Waals surface area contributed by atoms with Gasteiger partial charge in [0.15, 0.2) is 0 Å². The Kier molecular flexibility index (Phi) is 10.5. The number of carbonyl (C=O) groups is 4. The van der Waals surface area contributed by atoms with Crippen LogP contribution in [-0.4, -0.2) is 74.3 Å². The summed E-state index contributed by atoms with van der Waals surface area (Å²) in [5, 5.41) is 37.7. The molecule has 0 saturated carbocycles. The van der Waals surface area contributed by atoms with Gasteiger partial charge in [-0.25, -0.2) is 4.79 Å². The van der Waals surface area contributed by atoms with Crippen LogP contribution in [-0.2, 0) is 32.0 Å². The summed E-state index contributed by atoms with van der Waals surface area (Å²) in [7, 11) is 0. The summed E-state index contributed by atoms with van der Waals surface area (Å²) >= 11 is 0. The van der Waals surface area contributed by atoms with Crippen LogP contribution in [0, 0.1) is 5.92 Å². The summed E-state index contributed by atoms with van der Waals surface area (Å²) in [4.78, 5) is 54.1. The SMILES string of the molecule is CC(C)C(NC(=O)C(NC(=O)C(Cc1ccc(O)cc1)NC(=O)C(N)Cc1c[nH]c2ccccc12)C(C)O)C(=O)O. The fourth-order valence-electron chi connectivity index (χ4n) is 4.40. The number of para-hydroxylation sites is 1. The van der Waals surface area contributed by atoms with E-state index in [0.29, 0.717) is 5.56 Å². The van der Waals surface area contributed by atoms with Gasteiger partial charge in [0.1, 0.15) is 23.9 Å². The number of carboxylic acids is 1. The van der Waals surface area contributed by atoms with E-state index in [1.165, 1.54) is 19.1 Å². The molecule has 3 aromatic rings. The minimum absolute atomic E-state index is 0.0171. The highest BCUT2D eigenvalue weighted by Gasteiger charge is 2.33. The highest BCUT2D eigenvalue weighted by Crippen LogP contribution is 2.19. The summed E-state index contributed by atoms with van der Waals surface area (Å²) in [6.07, 6.45) is 0.560. The number of H-pyrrole nitrogens is 1. The van der Waals surface area contributed by atoms with E-state index in [0.717, 1.165) is 16.5 Å². The lowest BCUT2D eigenvalue weighted by atomic mass is 10.0. The van der Waals surface area contributed by atoms with Gasteiger partial charge in [-0.2, -0.15) is 0 Å². The molecule has 0 radical (unpaired) electrons. The predicted octanol–water partition coefficient (Wildman–Crippen LogP) is 0.562. The number of benzene rings is 2. The summed E-state index contributed by atoms with van der Waals surface area (Å²) < 4.78 is 0. The Balaban J connectivity index is 1.78. The van der Waals surface area contributed by atoms with E-state index in [4.69, 9.17) is 5.73 Å². The zero-order chi connectivity index (χ0) is 30.3. The number of aromatic amines is 1. The molecule has 5 unspecified atom stereocenters. The molecule has 0 aliphatic heterocycles. The van der Waals surface area contributed by atoms with Crippen LogP contribution in [0.3, 0.4) is 0 Å². The molecule has 2 aromatic carbocycles. The van der Waals surface area contributed by atoms with Gasteiger partial charge in [0.2, 0.25) is 17.7 Å². The molecule has 0 saturated heterocycles. The molecule has 3 rings (SSSR count). The summed E-state index contributed by atoms with van der Waals surface area (Å²) in [5.74, 6) is -3.99. The van der Waals surface area contributed by atoms with Gasteiger partial charge < -0.3 is 42.0 Å². The Morgan fingerprint density at radius 3 is 2.10 bits per heavy atom. The molecule has 12 nitrogen and oxygen atoms in total. The van der Waals surface area contributed by atoms with Crippen molar-refractivity contribution < 1.29 is 34.5 Å². The van der Waals surface area contributed by atoms with E-state index in [-0.39, 0.29) is 18.6 Å². The van der Waals surface area contributed by atoms with E-state index in [1.54, 1.807) is 32.2 Å². The fraction of sp³-hybridized carbons (Fsp3) is 0.379. The average Bonchev–Trinajstić information content (AvgIpc) is 3.32. The van der Waals surface area contributed by atoms with E-state index in [1.807, 2.05) is 24.3 Å². The normalized spacial score (nSPS) is 15.0. The zero-order valence-corrected chi connectivity index (χ0v) is 23.1. The lowest BCUT2D eigenvalue weighted by molar-refractivity contribution is -0.144. The molecule has 0 spiro atoms. The molecular formula is C29H37N5O7. The van der Waals surface area contributed by atoms with Crippen molar-refractivity contribution in [3.63, 3.8) is 0 Å². The van der Waals surface area contributed by atoms with Gasteiger partial charge in [-0.1, -0.05) is 44.2 Å². The number of amides is 3. The number of hydrogen-bond acceptors (Lipinski definition) is 7. The standard InChI is InChI=1S/C29H37N5O7/c1-15(2)24(29(40)41)33-28(39)25(16(3)35)34-27(38)23(12-17-8-10-19(36)11-9-17)32-26(37)21(30)13-18-14-31-22-7-5-4-6-20(18)22/h4-11,14-16,21,23-25,31,35-36H,12-13,30H2,1-3H3,(H,32,37)(H,33,39)(H,34,38)(H,40,41). The van der Waals surface area contributed by atoms with Crippen molar-refractivity contribution >= 4 is 34.6 Å². The number of nitrogens with two attached hydrogens (primary N) is 1. The first-order chi connectivity index (χ1) is 19.4. The van der Waals surface area contributed by atoms with Crippen molar-refractivity contribution in [2.45, 2.75) is 63.9 Å². The fourth-order valence-corrected chi connectivity index (χ4v) is 4.40. The number of aromatic nitrogens is 1. The third-order valence-corrected chi connectivity index (χ3v) is 6.75. The Hall–Kier alpha value is -4.42. The first-order valence-corrected chi connectivity index (χ1v) is 13.3. The summed E-state index contributed by atoms with van der Waals surface area (Å²) in [5.41, 5.74) is 8.53. The van der Waals surface area contributed by atoms with E-state index in [2.05, 4.69) is 20.9 Å². The Labute approximate surface area is 237 Å². The zero-order valence-electron chi connectivity index (χ0n) is 23.1. The third-order valence-electron chi connectivity index (χ3n) is 6.75. The van der Waals surface area contributed by atoms with Gasteiger partial charge in [-0.15, -0.1) is 0 Å². The molecular weight excluding hydrogens is 530 g/mol. The van der Waals surface area contributed by atoms with Crippen LogP contribution < -0.4 is 21.7 Å². The largest absolute Gasteiger partial charge is 0.508 e. The van der Waals surface area contributed by atoms with Crippen LogP contribution in [0.2, 0.25) is 0 Å². The number of carboxylic acid groups (broad SMARTS) is 1. The van der Waals surface area contributed by atoms with E-state index >= 15 is 0 Å². The highest BCUT2D eigenvalue weighted by molar-refractivity contribution is 5.95. The topological polar surface area (TPSA) is 207 Å². The maximum absolute atomic E-state index is 13.4. The van der Waals surface area contributed by atoms with Crippen LogP contribution in [0.15, 0.2) is 54.7 Å². The molecule has 220 valence electrons. The minimum atomic E-state index is -1.50. The van der Waals surface area contributed by atoms with Gasteiger partial charge >= 0.3 is 5.97 Å². The molecule has 5 atom stereocenters. The first kappa shape index (κ1) is 31.1. The van der Waals surface area contributed by atoms with Gasteiger partial charge in [0.05, 0.1) is 12.1 Å². The van der Waals surface area contributed by atoms with Gasteiger partial charge in [-0.05, 0) is 48.6 Å². The third kappa shape index (κ3) is 8.29. The monoisotopic (exact) mass is 567 g/mol. The second-order valence-corrected chi connectivity index (χ2v) is 10.4. The number of hydrogen-bond donors (Lipinski definition) is 8. The molecule has 9 N–H and O–H groups in total. The van der Waals surface area contributed by atoms with Crippen LogP contribution in [0.1, 0.15) is 31.9 Å². The summed E-state index contributed by atoms with van der Waals surface area (Å²) in [6, 6.07) is 8.61. The molecule has 12 heteroatoms. The van der Waals surface area contributed by atoms with Gasteiger partial charge in [0, 0.05) is 23.5 Å². The van der Waals surface area contributed by atoms with Crippen molar-refractivity contribution in [2.24, 2.45) is 11.7 Å². The predicted molar refractivity (Wildman–Crippen MR) is 152 cm³/mol. The first-order valence-electron chi connectivity index (χ1n) is 13.3. The quantitative estimate of drug-likeness (QED) is 0.146. The number of fused-ring (bicyclic) bond motifs is 1. The Morgan fingerprint density at radius 1 is 0.854 bits per heavy atom. The summed E-state index contributed by atoms with van der Waals surface area (Å²) in [6.45, 7) is 4.50. The average molecular weight is 568 g/mol. The van der Waals surface area contributed by atoms with Crippen molar-refractivity contribution in [3.8, 4) is 5.75 Å². The van der Waals surface area contributed by atoms with Crippen molar-refractivity contribution in [1.29, 1.82) is 0 Å². The second-order valence-electron chi connectivity index (χ2n) is 10.4. The van der Waals surface area contributed by atoms with Crippen LogP contribution in [0.4, 0.5) is 0 Å².